The van der Waals surface area contributed by atoms with Crippen LogP contribution < -0.4 is 5.32 Å². The van der Waals surface area contributed by atoms with Crippen LogP contribution in [-0.2, 0) is 4.79 Å². The van der Waals surface area contributed by atoms with Crippen LogP contribution in [0.2, 0.25) is 0 Å². The summed E-state index contributed by atoms with van der Waals surface area (Å²) < 4.78 is 20.7. The first-order valence-electron chi connectivity index (χ1n) is 5.27. The molecule has 0 aliphatic heterocycles. The molecular formula is C10H13NO. The van der Waals surface area contributed by atoms with Crippen molar-refractivity contribution in [1.82, 2.24) is 5.32 Å². The molecule has 1 aromatic carbocycles. The van der Waals surface area contributed by atoms with Crippen molar-refractivity contribution in [2.75, 3.05) is 0 Å². The highest BCUT2D eigenvalue weighted by Gasteiger charge is 2.03. The lowest BCUT2D eigenvalue weighted by molar-refractivity contribution is -0.119. The molecule has 1 aromatic rings. The summed E-state index contributed by atoms with van der Waals surface area (Å²) in [7, 11) is 0. The largest absolute Gasteiger partial charge is 0.350 e. The van der Waals surface area contributed by atoms with Gasteiger partial charge in [0.2, 0.25) is 5.91 Å². The van der Waals surface area contributed by atoms with Gasteiger partial charge in [-0.2, -0.15) is 0 Å². The molecule has 1 amide bonds. The van der Waals surface area contributed by atoms with Crippen LogP contribution in [0.4, 0.5) is 0 Å². The third-order valence-electron chi connectivity index (χ3n) is 1.65. The van der Waals surface area contributed by atoms with Gasteiger partial charge in [-0.25, -0.2) is 0 Å². The van der Waals surface area contributed by atoms with Crippen LogP contribution in [0.5, 0.6) is 0 Å². The van der Waals surface area contributed by atoms with Crippen molar-refractivity contribution in [3.8, 4) is 0 Å². The molecule has 0 spiro atoms. The molecular weight excluding hydrogens is 150 g/mol. The Kier molecular flexibility index (Phi) is 1.74. The zero-order valence-electron chi connectivity index (χ0n) is 9.87. The number of carbonyl (C=O) groups excluding carboxylic acids is 1. The maximum Gasteiger partial charge on any atom is 0.217 e. The third-order valence-corrected chi connectivity index (χ3v) is 1.65. The lowest BCUT2D eigenvalue weighted by Gasteiger charge is -2.11. The van der Waals surface area contributed by atoms with Crippen molar-refractivity contribution in [3.63, 3.8) is 0 Å². The van der Waals surface area contributed by atoms with Gasteiger partial charge in [0.25, 0.3) is 0 Å². The Hall–Kier alpha value is -1.31. The summed E-state index contributed by atoms with van der Waals surface area (Å²) in [6, 6.07) is 8.93. The zero-order chi connectivity index (χ0) is 11.5. The molecule has 1 N–H and O–H groups in total. The predicted molar refractivity (Wildman–Crippen MR) is 48.7 cm³/mol. The second-order valence-corrected chi connectivity index (χ2v) is 2.61. The predicted octanol–water partition coefficient (Wildman–Crippen LogP) is 1.88. The fraction of sp³-hybridized carbons (Fsp3) is 0.300. The molecule has 2 nitrogen and oxygen atoms in total. The average Bonchev–Trinajstić information content (AvgIpc) is 2.17. The molecule has 0 aliphatic rings. The lowest BCUT2D eigenvalue weighted by atomic mass is 10.1. The molecule has 0 radical (unpaired) electrons. The molecule has 0 aromatic heterocycles. The van der Waals surface area contributed by atoms with Crippen LogP contribution >= 0.6 is 0 Å². The Morgan fingerprint density at radius 1 is 1.50 bits per heavy atom. The number of hydrogen-bond donors (Lipinski definition) is 1. The number of amides is 1. The topological polar surface area (TPSA) is 29.1 Å². The quantitative estimate of drug-likeness (QED) is 0.714. The molecule has 2 heteroatoms. The molecule has 1 rings (SSSR count). The average molecular weight is 166 g/mol. The van der Waals surface area contributed by atoms with E-state index in [1.54, 1.807) is 6.92 Å². The molecule has 0 bridgehead atoms. The van der Waals surface area contributed by atoms with Crippen molar-refractivity contribution in [3.05, 3.63) is 35.9 Å². The van der Waals surface area contributed by atoms with E-state index in [4.69, 9.17) is 4.11 Å². The van der Waals surface area contributed by atoms with Gasteiger partial charge in [0.05, 0.1) is 6.04 Å². The Morgan fingerprint density at radius 3 is 2.75 bits per heavy atom. The van der Waals surface area contributed by atoms with E-state index in [2.05, 4.69) is 5.32 Å². The minimum atomic E-state index is -2.58. The first-order chi connectivity index (χ1) is 6.91. The van der Waals surface area contributed by atoms with Crippen LogP contribution in [0.25, 0.3) is 0 Å². The Bertz CT molecular complexity index is 334. The zero-order valence-corrected chi connectivity index (χ0v) is 6.87. The summed E-state index contributed by atoms with van der Waals surface area (Å²) in [5.74, 6) is -0.918. The van der Waals surface area contributed by atoms with E-state index in [-0.39, 0.29) is 6.04 Å². The van der Waals surface area contributed by atoms with E-state index in [0.29, 0.717) is 0 Å². The van der Waals surface area contributed by atoms with Gasteiger partial charge in [-0.15, -0.1) is 0 Å². The van der Waals surface area contributed by atoms with Gasteiger partial charge in [-0.05, 0) is 12.5 Å². The van der Waals surface area contributed by atoms with Crippen molar-refractivity contribution in [2.24, 2.45) is 0 Å². The fourth-order valence-electron chi connectivity index (χ4n) is 1.02. The first kappa shape index (κ1) is 5.36. The Balaban J connectivity index is 2.65. The van der Waals surface area contributed by atoms with E-state index in [1.807, 2.05) is 30.3 Å². The smallest absolute Gasteiger partial charge is 0.217 e. The second-order valence-electron chi connectivity index (χ2n) is 2.61. The molecule has 0 saturated heterocycles. The molecule has 64 valence electrons. The van der Waals surface area contributed by atoms with Crippen LogP contribution in [-0.4, -0.2) is 5.91 Å². The van der Waals surface area contributed by atoms with Gasteiger partial charge < -0.3 is 5.32 Å². The standard InChI is InChI=1S/C10H13NO/c1-8(11-9(2)12)10-6-4-3-5-7-10/h3-8H,1-2H3,(H,11,12)/t8-/m1/s1/i2D3. The van der Waals surface area contributed by atoms with Crippen molar-refractivity contribution in [2.45, 2.75) is 19.8 Å². The summed E-state index contributed by atoms with van der Waals surface area (Å²) in [5.41, 5.74) is 0.884. The van der Waals surface area contributed by atoms with E-state index >= 15 is 0 Å². The van der Waals surface area contributed by atoms with E-state index in [1.165, 1.54) is 0 Å². The molecule has 1 atom stereocenters. The molecule has 0 unspecified atom stereocenters. The molecule has 0 saturated carbocycles. The van der Waals surface area contributed by atoms with E-state index in [0.717, 1.165) is 5.56 Å². The molecule has 0 heterocycles. The lowest BCUT2D eigenvalue weighted by Crippen LogP contribution is -2.23. The van der Waals surface area contributed by atoms with Gasteiger partial charge >= 0.3 is 0 Å². The number of rotatable bonds is 2. The highest BCUT2D eigenvalue weighted by atomic mass is 16.1. The summed E-state index contributed by atoms with van der Waals surface area (Å²) in [6.07, 6.45) is 0. The van der Waals surface area contributed by atoms with Gasteiger partial charge in [0, 0.05) is 11.0 Å². The normalized spacial score (nSPS) is 16.9. The summed E-state index contributed by atoms with van der Waals surface area (Å²) in [4.78, 5) is 11.2. The Labute approximate surface area is 76.8 Å². The third kappa shape index (κ3) is 2.38. The monoisotopic (exact) mass is 166 g/mol. The van der Waals surface area contributed by atoms with Crippen LogP contribution in [0, 0.1) is 0 Å². The maximum atomic E-state index is 11.2. The van der Waals surface area contributed by atoms with Gasteiger partial charge in [0.15, 0.2) is 0 Å². The molecule has 0 aliphatic carbocycles. The highest BCUT2D eigenvalue weighted by molar-refractivity contribution is 5.73. The maximum absolute atomic E-state index is 11.2. The number of hydrogen-bond acceptors (Lipinski definition) is 1. The van der Waals surface area contributed by atoms with Gasteiger partial charge in [-0.3, -0.25) is 4.79 Å². The van der Waals surface area contributed by atoms with Gasteiger partial charge in [-0.1, -0.05) is 30.3 Å². The Morgan fingerprint density at radius 2 is 2.17 bits per heavy atom. The number of benzene rings is 1. The van der Waals surface area contributed by atoms with E-state index < -0.39 is 12.8 Å². The fourth-order valence-corrected chi connectivity index (χ4v) is 1.02. The minimum Gasteiger partial charge on any atom is -0.350 e. The van der Waals surface area contributed by atoms with Crippen molar-refractivity contribution in [1.29, 1.82) is 0 Å². The summed E-state index contributed by atoms with van der Waals surface area (Å²) in [5, 5.41) is 2.43. The second kappa shape index (κ2) is 3.90. The van der Waals surface area contributed by atoms with E-state index in [9.17, 15) is 4.79 Å². The summed E-state index contributed by atoms with van der Waals surface area (Å²) >= 11 is 0. The van der Waals surface area contributed by atoms with Gasteiger partial charge in [0.1, 0.15) is 0 Å². The van der Waals surface area contributed by atoms with Crippen LogP contribution in [0.15, 0.2) is 30.3 Å². The van der Waals surface area contributed by atoms with Crippen LogP contribution in [0.1, 0.15) is 29.5 Å². The van der Waals surface area contributed by atoms with Crippen molar-refractivity contribution < 1.29 is 8.91 Å². The molecule has 0 fully saturated rings. The summed E-state index contributed by atoms with van der Waals surface area (Å²) in [6.45, 7) is -0.831. The first-order valence-corrected chi connectivity index (χ1v) is 3.77. The highest BCUT2D eigenvalue weighted by Crippen LogP contribution is 2.10. The van der Waals surface area contributed by atoms with Crippen LogP contribution in [0.3, 0.4) is 0 Å². The number of carbonyl (C=O) groups is 1. The molecule has 12 heavy (non-hydrogen) atoms. The minimum absolute atomic E-state index is 0.292. The van der Waals surface area contributed by atoms with Crippen molar-refractivity contribution >= 4 is 5.91 Å². The SMILES string of the molecule is [2H]C([2H])([2H])C(=O)N[C@H](C)c1ccccc1. The number of nitrogens with one attached hydrogen (secondary N) is 1.